The fraction of sp³-hybridized carbons (Fsp3) is 0.385. The van der Waals surface area contributed by atoms with Gasteiger partial charge in [0.15, 0.2) is 0 Å². The van der Waals surface area contributed by atoms with Crippen LogP contribution in [0.2, 0.25) is 0 Å². The van der Waals surface area contributed by atoms with Gasteiger partial charge in [-0.1, -0.05) is 36.5 Å². The predicted octanol–water partition coefficient (Wildman–Crippen LogP) is 1.42. The molecule has 0 aliphatic heterocycles. The number of nitrogens with two attached hydrogens (primary N) is 1. The summed E-state index contributed by atoms with van der Waals surface area (Å²) in [6.07, 6.45) is 0.755. The SMILES string of the molecule is CN(CCC(=O)O)Cc1cccc(CC(N)=S)c1. The number of nitrogens with zero attached hydrogens (tertiary/aromatic N) is 1. The second-order valence-electron chi connectivity index (χ2n) is 4.34. The monoisotopic (exact) mass is 266 g/mol. The maximum atomic E-state index is 10.5. The van der Waals surface area contributed by atoms with E-state index in [9.17, 15) is 4.79 Å². The molecule has 1 aromatic carbocycles. The van der Waals surface area contributed by atoms with E-state index in [2.05, 4.69) is 6.07 Å². The van der Waals surface area contributed by atoms with Gasteiger partial charge in [0.25, 0.3) is 0 Å². The first-order chi connectivity index (χ1) is 8.47. The molecule has 0 aromatic heterocycles. The number of hydrogen-bond donors (Lipinski definition) is 2. The lowest BCUT2D eigenvalue weighted by Gasteiger charge is -2.16. The van der Waals surface area contributed by atoms with Crippen LogP contribution in [0.1, 0.15) is 17.5 Å². The topological polar surface area (TPSA) is 66.6 Å². The van der Waals surface area contributed by atoms with E-state index in [1.807, 2.05) is 30.1 Å². The van der Waals surface area contributed by atoms with Gasteiger partial charge in [-0.15, -0.1) is 0 Å². The lowest BCUT2D eigenvalue weighted by Crippen LogP contribution is -2.21. The molecule has 18 heavy (non-hydrogen) atoms. The van der Waals surface area contributed by atoms with Crippen molar-refractivity contribution < 1.29 is 9.90 Å². The molecule has 1 aromatic rings. The van der Waals surface area contributed by atoms with E-state index in [-0.39, 0.29) is 6.42 Å². The van der Waals surface area contributed by atoms with Gasteiger partial charge in [-0.05, 0) is 18.2 Å². The van der Waals surface area contributed by atoms with Crippen LogP contribution < -0.4 is 5.73 Å². The normalized spacial score (nSPS) is 10.6. The summed E-state index contributed by atoms with van der Waals surface area (Å²) in [4.78, 5) is 12.9. The van der Waals surface area contributed by atoms with Crippen LogP contribution in [-0.2, 0) is 17.8 Å². The minimum Gasteiger partial charge on any atom is -0.481 e. The summed E-state index contributed by atoms with van der Waals surface area (Å²) in [7, 11) is 1.91. The van der Waals surface area contributed by atoms with Crippen LogP contribution in [0.25, 0.3) is 0 Å². The molecule has 1 rings (SSSR count). The van der Waals surface area contributed by atoms with Crippen molar-refractivity contribution in [3.8, 4) is 0 Å². The summed E-state index contributed by atoms with van der Waals surface area (Å²) in [6.45, 7) is 1.26. The van der Waals surface area contributed by atoms with Crippen LogP contribution in [0.5, 0.6) is 0 Å². The number of aliphatic carboxylic acids is 1. The van der Waals surface area contributed by atoms with Crippen molar-refractivity contribution in [3.05, 3.63) is 35.4 Å². The van der Waals surface area contributed by atoms with Crippen molar-refractivity contribution >= 4 is 23.2 Å². The largest absolute Gasteiger partial charge is 0.481 e. The van der Waals surface area contributed by atoms with Crippen LogP contribution in [0.3, 0.4) is 0 Å². The molecule has 98 valence electrons. The van der Waals surface area contributed by atoms with Crippen molar-refractivity contribution in [1.29, 1.82) is 0 Å². The summed E-state index contributed by atoms with van der Waals surface area (Å²) < 4.78 is 0. The maximum Gasteiger partial charge on any atom is 0.304 e. The van der Waals surface area contributed by atoms with Gasteiger partial charge in [0.1, 0.15) is 0 Å². The number of carboxylic acid groups (broad SMARTS) is 1. The Morgan fingerprint density at radius 1 is 1.44 bits per heavy atom. The third kappa shape index (κ3) is 5.75. The molecule has 0 radical (unpaired) electrons. The third-order valence-electron chi connectivity index (χ3n) is 2.53. The Morgan fingerprint density at radius 3 is 2.72 bits per heavy atom. The fourth-order valence-electron chi connectivity index (χ4n) is 1.72. The third-order valence-corrected chi connectivity index (χ3v) is 2.67. The first kappa shape index (κ1) is 14.6. The Labute approximate surface area is 112 Å². The van der Waals surface area contributed by atoms with Gasteiger partial charge in [0.05, 0.1) is 11.4 Å². The summed E-state index contributed by atoms with van der Waals surface area (Å²) in [5.41, 5.74) is 7.74. The Bertz CT molecular complexity index is 435. The van der Waals surface area contributed by atoms with E-state index in [0.717, 1.165) is 17.7 Å². The molecule has 0 bridgehead atoms. The maximum absolute atomic E-state index is 10.5. The highest BCUT2D eigenvalue weighted by Crippen LogP contribution is 2.08. The highest BCUT2D eigenvalue weighted by molar-refractivity contribution is 7.80. The van der Waals surface area contributed by atoms with E-state index in [1.165, 1.54) is 0 Å². The molecule has 0 spiro atoms. The number of rotatable bonds is 7. The van der Waals surface area contributed by atoms with Gasteiger partial charge in [-0.2, -0.15) is 0 Å². The Morgan fingerprint density at radius 2 is 2.11 bits per heavy atom. The van der Waals surface area contributed by atoms with Gasteiger partial charge >= 0.3 is 5.97 Å². The molecule has 0 saturated heterocycles. The molecule has 0 heterocycles. The summed E-state index contributed by atoms with van der Waals surface area (Å²) >= 11 is 4.88. The smallest absolute Gasteiger partial charge is 0.304 e. The standard InChI is InChI=1S/C13H18N2O2S/c1-15(6-5-13(16)17)9-11-4-2-3-10(7-11)8-12(14)18/h2-4,7H,5-6,8-9H2,1H3,(H2,14,18)(H,16,17). The van der Waals surface area contributed by atoms with E-state index in [0.29, 0.717) is 18.0 Å². The summed E-state index contributed by atoms with van der Waals surface area (Å²) in [5.74, 6) is -0.774. The van der Waals surface area contributed by atoms with E-state index in [4.69, 9.17) is 23.1 Å². The van der Waals surface area contributed by atoms with Gasteiger partial charge < -0.3 is 15.7 Å². The average molecular weight is 266 g/mol. The van der Waals surface area contributed by atoms with Gasteiger partial charge in [0, 0.05) is 19.5 Å². The Balaban J connectivity index is 2.55. The molecule has 0 aliphatic carbocycles. The zero-order valence-corrected chi connectivity index (χ0v) is 11.2. The first-order valence-electron chi connectivity index (χ1n) is 5.74. The Hall–Kier alpha value is -1.46. The number of carbonyl (C=O) groups is 1. The molecular weight excluding hydrogens is 248 g/mol. The number of carboxylic acids is 1. The van der Waals surface area contributed by atoms with Crippen LogP contribution in [-0.4, -0.2) is 34.6 Å². The molecule has 4 nitrogen and oxygen atoms in total. The van der Waals surface area contributed by atoms with Crippen LogP contribution in [0, 0.1) is 0 Å². The molecule has 0 atom stereocenters. The summed E-state index contributed by atoms with van der Waals surface area (Å²) in [5, 5.41) is 8.62. The van der Waals surface area contributed by atoms with E-state index < -0.39 is 5.97 Å². The average Bonchev–Trinajstić information content (AvgIpc) is 2.26. The molecule has 0 saturated carbocycles. The van der Waals surface area contributed by atoms with E-state index >= 15 is 0 Å². The van der Waals surface area contributed by atoms with Crippen molar-refractivity contribution in [2.45, 2.75) is 19.4 Å². The zero-order chi connectivity index (χ0) is 13.5. The van der Waals surface area contributed by atoms with Crippen LogP contribution >= 0.6 is 12.2 Å². The number of hydrogen-bond acceptors (Lipinski definition) is 3. The quantitative estimate of drug-likeness (QED) is 0.731. The van der Waals surface area contributed by atoms with Crippen molar-refractivity contribution in [2.24, 2.45) is 5.73 Å². The first-order valence-corrected chi connectivity index (χ1v) is 6.14. The minimum absolute atomic E-state index is 0.156. The van der Waals surface area contributed by atoms with E-state index in [1.54, 1.807) is 0 Å². The zero-order valence-electron chi connectivity index (χ0n) is 10.4. The van der Waals surface area contributed by atoms with Gasteiger partial charge in [-0.3, -0.25) is 4.79 Å². The van der Waals surface area contributed by atoms with Crippen LogP contribution in [0.4, 0.5) is 0 Å². The molecule has 0 fully saturated rings. The summed E-state index contributed by atoms with van der Waals surface area (Å²) in [6, 6.07) is 8.02. The lowest BCUT2D eigenvalue weighted by molar-refractivity contribution is -0.137. The molecular formula is C13H18N2O2S. The highest BCUT2D eigenvalue weighted by atomic mass is 32.1. The molecule has 0 unspecified atom stereocenters. The van der Waals surface area contributed by atoms with Gasteiger partial charge in [0.2, 0.25) is 0 Å². The molecule has 0 amide bonds. The van der Waals surface area contributed by atoms with Gasteiger partial charge in [-0.25, -0.2) is 0 Å². The van der Waals surface area contributed by atoms with Crippen molar-refractivity contribution in [3.63, 3.8) is 0 Å². The lowest BCUT2D eigenvalue weighted by atomic mass is 10.1. The molecule has 5 heteroatoms. The highest BCUT2D eigenvalue weighted by Gasteiger charge is 2.04. The second kappa shape index (κ2) is 7.08. The predicted molar refractivity (Wildman–Crippen MR) is 75.5 cm³/mol. The van der Waals surface area contributed by atoms with Crippen molar-refractivity contribution in [1.82, 2.24) is 4.90 Å². The Kier molecular flexibility index (Phi) is 5.74. The number of benzene rings is 1. The minimum atomic E-state index is -0.774. The number of thiocarbonyl (C=S) groups is 1. The molecule has 3 N–H and O–H groups in total. The van der Waals surface area contributed by atoms with Crippen LogP contribution in [0.15, 0.2) is 24.3 Å². The van der Waals surface area contributed by atoms with Crippen molar-refractivity contribution in [2.75, 3.05) is 13.6 Å². The second-order valence-corrected chi connectivity index (χ2v) is 4.87. The molecule has 0 aliphatic rings. The fourth-order valence-corrected chi connectivity index (χ4v) is 1.88.